The Morgan fingerprint density at radius 3 is 2.58 bits per heavy atom. The first-order valence-corrected chi connectivity index (χ1v) is 15.0. The lowest BCUT2D eigenvalue weighted by molar-refractivity contribution is -0.127. The molecular weight excluding hydrogens is 599 g/mol. The molecule has 0 bridgehead atoms. The highest BCUT2D eigenvalue weighted by Gasteiger charge is 2.27. The van der Waals surface area contributed by atoms with Crippen molar-refractivity contribution in [2.24, 2.45) is 0 Å². The van der Waals surface area contributed by atoms with E-state index < -0.39 is 20.7 Å². The number of fused-ring (bicyclic) bond motifs is 1. The average molecular weight is 625 g/mol. The van der Waals surface area contributed by atoms with Gasteiger partial charge in [0.1, 0.15) is 28.2 Å². The second-order valence-electron chi connectivity index (χ2n) is 9.80. The molecule has 14 heteroatoms. The van der Waals surface area contributed by atoms with Gasteiger partial charge in [-0.25, -0.2) is 32.7 Å². The van der Waals surface area contributed by atoms with Gasteiger partial charge in [-0.2, -0.15) is 0 Å². The average Bonchev–Trinajstić information content (AvgIpc) is 2.99. The number of hydrogen-bond donors (Lipinski definition) is 1. The Bertz CT molecular complexity index is 1840. The number of anilines is 1. The Morgan fingerprint density at radius 1 is 1.12 bits per heavy atom. The van der Waals surface area contributed by atoms with Crippen LogP contribution in [0.15, 0.2) is 66.0 Å². The summed E-state index contributed by atoms with van der Waals surface area (Å²) in [7, 11) is -3.12. The van der Waals surface area contributed by atoms with Crippen LogP contribution in [-0.2, 0) is 19.6 Å². The molecule has 1 fully saturated rings. The van der Waals surface area contributed by atoms with E-state index in [4.69, 9.17) is 21.3 Å². The smallest absolute Gasteiger partial charge is 0.266 e. The largest absolute Gasteiger partial charge is 0.480 e. The van der Waals surface area contributed by atoms with Gasteiger partial charge in [-0.15, -0.1) is 0 Å². The summed E-state index contributed by atoms with van der Waals surface area (Å²) in [6.07, 6.45) is 6.79. The number of carbonyl (C=O) groups excluding carboxylic acids is 2. The Hall–Kier alpha value is -4.49. The van der Waals surface area contributed by atoms with Gasteiger partial charge in [0.05, 0.1) is 29.0 Å². The zero-order valence-corrected chi connectivity index (χ0v) is 24.7. The van der Waals surface area contributed by atoms with E-state index in [9.17, 15) is 22.4 Å². The van der Waals surface area contributed by atoms with Crippen LogP contribution in [-0.4, -0.2) is 65.1 Å². The zero-order valence-electron chi connectivity index (χ0n) is 23.1. The third-order valence-electron chi connectivity index (χ3n) is 6.94. The van der Waals surface area contributed by atoms with E-state index in [0.717, 1.165) is 11.8 Å². The minimum Gasteiger partial charge on any atom is -0.480 e. The maximum absolute atomic E-state index is 14.4. The third kappa shape index (κ3) is 6.47. The van der Waals surface area contributed by atoms with Crippen molar-refractivity contribution in [3.8, 4) is 17.1 Å². The molecule has 1 aromatic carbocycles. The molecule has 1 N–H and O–H groups in total. The predicted molar refractivity (Wildman–Crippen MR) is 158 cm³/mol. The number of halogens is 2. The second-order valence-corrected chi connectivity index (χ2v) is 11.8. The lowest BCUT2D eigenvalue weighted by Crippen LogP contribution is -2.37. The molecule has 1 saturated heterocycles. The third-order valence-corrected chi connectivity index (χ3v) is 8.80. The van der Waals surface area contributed by atoms with Crippen LogP contribution in [0.4, 0.5) is 10.1 Å². The maximum Gasteiger partial charge on any atom is 0.266 e. The molecule has 0 radical (unpaired) electrons. The highest BCUT2D eigenvalue weighted by Crippen LogP contribution is 2.34. The van der Waals surface area contributed by atoms with E-state index in [1.165, 1.54) is 56.9 Å². The molecule has 0 aliphatic carbocycles. The van der Waals surface area contributed by atoms with Crippen molar-refractivity contribution in [2.45, 2.75) is 30.6 Å². The molecule has 0 spiro atoms. The monoisotopic (exact) mass is 624 g/mol. The summed E-state index contributed by atoms with van der Waals surface area (Å²) < 4.78 is 48.2. The summed E-state index contributed by atoms with van der Waals surface area (Å²) in [5.41, 5.74) is 2.79. The number of piperidine rings is 1. The quantitative estimate of drug-likeness (QED) is 0.279. The van der Waals surface area contributed by atoms with Crippen molar-refractivity contribution in [3.05, 3.63) is 77.6 Å². The van der Waals surface area contributed by atoms with Crippen LogP contribution in [0.25, 0.3) is 22.3 Å². The number of nitrogens with one attached hydrogen (secondary N) is 1. The number of hydrogen-bond acceptors (Lipinski definition) is 9. The summed E-state index contributed by atoms with van der Waals surface area (Å²) in [4.78, 5) is 42.5. The van der Waals surface area contributed by atoms with Crippen molar-refractivity contribution in [3.63, 3.8) is 0 Å². The van der Waals surface area contributed by atoms with Crippen LogP contribution in [0.2, 0.25) is 5.02 Å². The van der Waals surface area contributed by atoms with Crippen LogP contribution < -0.4 is 9.46 Å². The SMILES string of the molecule is COc1ncc(-c2ccc3ncnc(C4CCN(C(=O)/C=C/C(C)=O)CC4)c3n2)cc1NS(=O)(=O)c1c(F)cccc1Cl. The number of amides is 1. The van der Waals surface area contributed by atoms with Gasteiger partial charge < -0.3 is 9.64 Å². The zero-order chi connectivity index (χ0) is 30.7. The van der Waals surface area contributed by atoms with Crippen molar-refractivity contribution in [1.29, 1.82) is 0 Å². The van der Waals surface area contributed by atoms with Crippen LogP contribution >= 0.6 is 11.6 Å². The number of sulfonamides is 1. The molecule has 0 unspecified atom stereocenters. The number of rotatable bonds is 8. The molecule has 3 aromatic heterocycles. The number of ether oxygens (including phenoxy) is 1. The van der Waals surface area contributed by atoms with Gasteiger partial charge in [-0.1, -0.05) is 17.7 Å². The van der Waals surface area contributed by atoms with E-state index in [-0.39, 0.29) is 34.2 Å². The van der Waals surface area contributed by atoms with Gasteiger partial charge in [0.2, 0.25) is 11.8 Å². The molecule has 222 valence electrons. The Morgan fingerprint density at radius 2 is 1.88 bits per heavy atom. The van der Waals surface area contributed by atoms with E-state index in [0.29, 0.717) is 48.2 Å². The highest BCUT2D eigenvalue weighted by atomic mass is 35.5. The van der Waals surface area contributed by atoms with E-state index in [1.807, 2.05) is 0 Å². The number of aromatic nitrogens is 4. The normalized spacial score (nSPS) is 14.3. The Kier molecular flexibility index (Phi) is 8.64. The number of carbonyl (C=O) groups is 2. The number of pyridine rings is 2. The first-order valence-electron chi connectivity index (χ1n) is 13.2. The van der Waals surface area contributed by atoms with E-state index in [2.05, 4.69) is 19.7 Å². The number of likely N-dealkylation sites (tertiary alicyclic amines) is 1. The molecular formula is C29H26ClFN6O5S. The topological polar surface area (TPSA) is 144 Å². The highest BCUT2D eigenvalue weighted by molar-refractivity contribution is 7.92. The van der Waals surface area contributed by atoms with Crippen LogP contribution in [0.5, 0.6) is 5.88 Å². The van der Waals surface area contributed by atoms with Gasteiger partial charge in [0.15, 0.2) is 5.78 Å². The summed E-state index contributed by atoms with van der Waals surface area (Å²) in [6.45, 7) is 2.38. The Balaban J connectivity index is 1.45. The van der Waals surface area contributed by atoms with Gasteiger partial charge in [-0.3, -0.25) is 14.3 Å². The number of benzene rings is 1. The predicted octanol–water partition coefficient (Wildman–Crippen LogP) is 4.54. The van der Waals surface area contributed by atoms with Gasteiger partial charge >= 0.3 is 0 Å². The fourth-order valence-electron chi connectivity index (χ4n) is 4.85. The van der Waals surface area contributed by atoms with Gasteiger partial charge in [-0.05, 0) is 56.2 Å². The molecule has 4 aromatic rings. The molecule has 1 aliphatic rings. The second kappa shape index (κ2) is 12.4. The Labute approximate surface area is 251 Å². The minimum absolute atomic E-state index is 0.0102. The summed E-state index contributed by atoms with van der Waals surface area (Å²) in [5.74, 6) is -1.43. The van der Waals surface area contributed by atoms with Crippen LogP contribution in [0.3, 0.4) is 0 Å². The number of nitrogens with zero attached hydrogens (tertiary/aromatic N) is 5. The number of methoxy groups -OCH3 is 1. The number of ketones is 1. The van der Waals surface area contributed by atoms with Crippen molar-refractivity contribution in [2.75, 3.05) is 24.9 Å². The lowest BCUT2D eigenvalue weighted by Gasteiger charge is -2.31. The fraction of sp³-hybridized carbons (Fsp3) is 0.241. The summed E-state index contributed by atoms with van der Waals surface area (Å²) in [6, 6.07) is 8.56. The van der Waals surface area contributed by atoms with Gasteiger partial charge in [0, 0.05) is 36.8 Å². The molecule has 0 saturated carbocycles. The molecule has 5 rings (SSSR count). The fourth-order valence-corrected chi connectivity index (χ4v) is 6.50. The van der Waals surface area contributed by atoms with Gasteiger partial charge in [0.25, 0.3) is 10.0 Å². The van der Waals surface area contributed by atoms with Crippen LogP contribution in [0.1, 0.15) is 31.4 Å². The molecule has 0 atom stereocenters. The maximum atomic E-state index is 14.4. The van der Waals surface area contributed by atoms with Crippen molar-refractivity contribution >= 4 is 50.0 Å². The minimum atomic E-state index is -4.45. The molecule has 4 heterocycles. The molecule has 43 heavy (non-hydrogen) atoms. The molecule has 11 nitrogen and oxygen atoms in total. The first kappa shape index (κ1) is 30.0. The summed E-state index contributed by atoms with van der Waals surface area (Å²) in [5, 5.41) is -0.276. The molecule has 1 aliphatic heterocycles. The van der Waals surface area contributed by atoms with Crippen molar-refractivity contribution in [1.82, 2.24) is 24.8 Å². The standard InChI is InChI=1S/C29H26ClFN6O5S/c1-17(38)6-9-25(39)37-12-10-18(11-13-37)26-27-23(33-16-34-26)8-7-22(35-27)19-14-24(29(42-2)32-15-19)36-43(40,41)28-20(30)4-3-5-21(28)31/h3-9,14-16,18,36H,10-13H2,1-2H3/b9-6+. The van der Waals surface area contributed by atoms with Crippen molar-refractivity contribution < 1.29 is 27.1 Å². The lowest BCUT2D eigenvalue weighted by atomic mass is 9.92. The summed E-state index contributed by atoms with van der Waals surface area (Å²) >= 11 is 6.00. The first-order chi connectivity index (χ1) is 20.6. The number of allylic oxidation sites excluding steroid dienone is 1. The van der Waals surface area contributed by atoms with Crippen LogP contribution in [0, 0.1) is 5.82 Å². The molecule has 1 amide bonds. The van der Waals surface area contributed by atoms with E-state index in [1.54, 1.807) is 17.0 Å². The van der Waals surface area contributed by atoms with E-state index >= 15 is 0 Å².